The molecule has 2 aromatic rings. The molecule has 1 aromatic carbocycles. The second kappa shape index (κ2) is 4.80. The number of benzene rings is 1. The summed E-state index contributed by atoms with van der Waals surface area (Å²) < 4.78 is 3.16. The zero-order chi connectivity index (χ0) is 11.5. The topological polar surface area (TPSA) is 43.8 Å². The Morgan fingerprint density at radius 1 is 1.44 bits per heavy atom. The van der Waals surface area contributed by atoms with Crippen LogP contribution in [0.5, 0.6) is 0 Å². The molecule has 0 saturated heterocycles. The van der Waals surface area contributed by atoms with E-state index in [1.807, 2.05) is 25.4 Å². The SMILES string of the molecule is Cc1nccn1-c1ccc(Br)cc1CCN. The van der Waals surface area contributed by atoms with Gasteiger partial charge in [-0.15, -0.1) is 0 Å². The van der Waals surface area contributed by atoms with Gasteiger partial charge in [0, 0.05) is 16.9 Å². The number of hydrogen-bond acceptors (Lipinski definition) is 2. The van der Waals surface area contributed by atoms with Crippen LogP contribution in [0.2, 0.25) is 0 Å². The fourth-order valence-electron chi connectivity index (χ4n) is 1.78. The van der Waals surface area contributed by atoms with Crippen LogP contribution < -0.4 is 5.73 Å². The quantitative estimate of drug-likeness (QED) is 0.938. The molecule has 1 aromatic heterocycles. The number of nitrogens with two attached hydrogens (primary N) is 1. The van der Waals surface area contributed by atoms with Gasteiger partial charge in [-0.3, -0.25) is 0 Å². The van der Waals surface area contributed by atoms with E-state index in [1.165, 1.54) is 5.56 Å². The van der Waals surface area contributed by atoms with E-state index in [0.29, 0.717) is 6.54 Å². The molecule has 1 heterocycles. The predicted molar refractivity (Wildman–Crippen MR) is 68.8 cm³/mol. The number of imidazole rings is 1. The van der Waals surface area contributed by atoms with Crippen LogP contribution in [0.25, 0.3) is 5.69 Å². The zero-order valence-corrected chi connectivity index (χ0v) is 10.7. The van der Waals surface area contributed by atoms with Crippen molar-refractivity contribution in [1.29, 1.82) is 0 Å². The third kappa shape index (κ3) is 2.18. The first-order chi connectivity index (χ1) is 7.72. The lowest BCUT2D eigenvalue weighted by Gasteiger charge is -2.11. The highest BCUT2D eigenvalue weighted by molar-refractivity contribution is 9.10. The fourth-order valence-corrected chi connectivity index (χ4v) is 2.19. The second-order valence-corrected chi connectivity index (χ2v) is 4.57. The van der Waals surface area contributed by atoms with Crippen molar-refractivity contribution in [2.24, 2.45) is 5.73 Å². The highest BCUT2D eigenvalue weighted by atomic mass is 79.9. The standard InChI is InChI=1S/C12H14BrN3/c1-9-15-6-7-16(9)12-3-2-11(13)8-10(12)4-5-14/h2-3,6-8H,4-5,14H2,1H3. The average molecular weight is 280 g/mol. The van der Waals surface area contributed by atoms with E-state index < -0.39 is 0 Å². The van der Waals surface area contributed by atoms with Gasteiger partial charge >= 0.3 is 0 Å². The summed E-state index contributed by atoms with van der Waals surface area (Å²) in [6, 6.07) is 6.24. The van der Waals surface area contributed by atoms with Gasteiger partial charge < -0.3 is 10.3 Å². The molecule has 0 bridgehead atoms. The van der Waals surface area contributed by atoms with Crippen LogP contribution in [-0.4, -0.2) is 16.1 Å². The Kier molecular flexibility index (Phi) is 3.41. The molecule has 16 heavy (non-hydrogen) atoms. The molecule has 0 aliphatic rings. The summed E-state index contributed by atoms with van der Waals surface area (Å²) in [6.45, 7) is 2.64. The highest BCUT2D eigenvalue weighted by Crippen LogP contribution is 2.21. The third-order valence-corrected chi connectivity index (χ3v) is 3.03. The molecule has 84 valence electrons. The first-order valence-electron chi connectivity index (χ1n) is 5.21. The summed E-state index contributed by atoms with van der Waals surface area (Å²) in [6.07, 6.45) is 4.65. The molecule has 4 heteroatoms. The molecule has 0 aliphatic heterocycles. The number of halogens is 1. The van der Waals surface area contributed by atoms with E-state index in [0.717, 1.165) is 22.4 Å². The van der Waals surface area contributed by atoms with E-state index in [9.17, 15) is 0 Å². The highest BCUT2D eigenvalue weighted by Gasteiger charge is 2.06. The van der Waals surface area contributed by atoms with Crippen LogP contribution >= 0.6 is 15.9 Å². The van der Waals surface area contributed by atoms with Gasteiger partial charge in [0.25, 0.3) is 0 Å². The number of aryl methyl sites for hydroxylation is 1. The summed E-state index contributed by atoms with van der Waals surface area (Å²) in [4.78, 5) is 4.24. The Labute approximate surface area is 103 Å². The molecule has 2 N–H and O–H groups in total. The van der Waals surface area contributed by atoms with Crippen molar-refractivity contribution < 1.29 is 0 Å². The van der Waals surface area contributed by atoms with E-state index in [1.54, 1.807) is 0 Å². The average Bonchev–Trinajstić information content (AvgIpc) is 2.65. The molecule has 0 unspecified atom stereocenters. The van der Waals surface area contributed by atoms with Gasteiger partial charge in [-0.25, -0.2) is 4.98 Å². The summed E-state index contributed by atoms with van der Waals surface area (Å²) in [7, 11) is 0. The minimum atomic E-state index is 0.650. The first-order valence-corrected chi connectivity index (χ1v) is 6.00. The van der Waals surface area contributed by atoms with E-state index in [4.69, 9.17) is 5.73 Å². The zero-order valence-electron chi connectivity index (χ0n) is 9.15. The van der Waals surface area contributed by atoms with Crippen LogP contribution in [0, 0.1) is 6.92 Å². The Morgan fingerprint density at radius 3 is 2.88 bits per heavy atom. The molecule has 0 saturated carbocycles. The van der Waals surface area contributed by atoms with E-state index in [-0.39, 0.29) is 0 Å². The molecule has 0 fully saturated rings. The smallest absolute Gasteiger partial charge is 0.110 e. The van der Waals surface area contributed by atoms with Crippen LogP contribution in [0.1, 0.15) is 11.4 Å². The molecule has 0 radical (unpaired) electrons. The van der Waals surface area contributed by atoms with Gasteiger partial charge in [-0.2, -0.15) is 0 Å². The Balaban J connectivity index is 2.51. The Morgan fingerprint density at radius 2 is 2.25 bits per heavy atom. The molecule has 0 spiro atoms. The van der Waals surface area contributed by atoms with Gasteiger partial charge in [-0.05, 0) is 43.7 Å². The number of aromatic nitrogens is 2. The van der Waals surface area contributed by atoms with Crippen LogP contribution in [0.15, 0.2) is 35.1 Å². The van der Waals surface area contributed by atoms with Gasteiger partial charge in [0.1, 0.15) is 5.82 Å². The Bertz CT molecular complexity index is 491. The van der Waals surface area contributed by atoms with Crippen molar-refractivity contribution >= 4 is 15.9 Å². The lowest BCUT2D eigenvalue weighted by atomic mass is 10.1. The summed E-state index contributed by atoms with van der Waals surface area (Å²) in [5.74, 6) is 0.987. The van der Waals surface area contributed by atoms with E-state index in [2.05, 4.69) is 37.6 Å². The van der Waals surface area contributed by atoms with Gasteiger partial charge in [0.15, 0.2) is 0 Å². The maximum Gasteiger partial charge on any atom is 0.110 e. The summed E-state index contributed by atoms with van der Waals surface area (Å²) in [5.41, 5.74) is 8.02. The van der Waals surface area contributed by atoms with Gasteiger partial charge in [0.2, 0.25) is 0 Å². The van der Waals surface area contributed by atoms with Crippen molar-refractivity contribution in [2.45, 2.75) is 13.3 Å². The second-order valence-electron chi connectivity index (χ2n) is 3.66. The van der Waals surface area contributed by atoms with Crippen molar-refractivity contribution in [3.8, 4) is 5.69 Å². The number of nitrogens with zero attached hydrogens (tertiary/aromatic N) is 2. The molecular weight excluding hydrogens is 266 g/mol. The first kappa shape index (κ1) is 11.4. The number of hydrogen-bond donors (Lipinski definition) is 1. The summed E-state index contributed by atoms with van der Waals surface area (Å²) >= 11 is 3.48. The van der Waals surface area contributed by atoms with Crippen molar-refractivity contribution in [3.05, 3.63) is 46.5 Å². The van der Waals surface area contributed by atoms with Crippen LogP contribution in [0.3, 0.4) is 0 Å². The van der Waals surface area contributed by atoms with Gasteiger partial charge in [-0.1, -0.05) is 15.9 Å². The predicted octanol–water partition coefficient (Wildman–Crippen LogP) is 2.44. The maximum atomic E-state index is 5.63. The van der Waals surface area contributed by atoms with Crippen LogP contribution in [-0.2, 0) is 6.42 Å². The molecule has 0 aliphatic carbocycles. The number of rotatable bonds is 3. The van der Waals surface area contributed by atoms with Crippen molar-refractivity contribution in [2.75, 3.05) is 6.54 Å². The van der Waals surface area contributed by atoms with Crippen LogP contribution in [0.4, 0.5) is 0 Å². The minimum Gasteiger partial charge on any atom is -0.330 e. The summed E-state index contributed by atoms with van der Waals surface area (Å²) in [5, 5.41) is 0. The Hall–Kier alpha value is -1.13. The molecule has 0 atom stereocenters. The molecular formula is C12H14BrN3. The molecule has 0 amide bonds. The van der Waals surface area contributed by atoms with E-state index >= 15 is 0 Å². The molecule has 2 rings (SSSR count). The minimum absolute atomic E-state index is 0.650. The third-order valence-electron chi connectivity index (χ3n) is 2.54. The maximum absolute atomic E-state index is 5.63. The normalized spacial score (nSPS) is 10.7. The lowest BCUT2D eigenvalue weighted by Crippen LogP contribution is -2.07. The van der Waals surface area contributed by atoms with Crippen molar-refractivity contribution in [3.63, 3.8) is 0 Å². The monoisotopic (exact) mass is 279 g/mol. The fraction of sp³-hybridized carbons (Fsp3) is 0.250. The van der Waals surface area contributed by atoms with Crippen molar-refractivity contribution in [1.82, 2.24) is 9.55 Å². The molecule has 3 nitrogen and oxygen atoms in total. The van der Waals surface area contributed by atoms with Gasteiger partial charge in [0.05, 0.1) is 5.69 Å². The lowest BCUT2D eigenvalue weighted by molar-refractivity contribution is 0.911. The largest absolute Gasteiger partial charge is 0.330 e.